The molecule has 0 fully saturated rings. The number of halogens is 2. The molecule has 1 aliphatic carbocycles. The van der Waals surface area contributed by atoms with E-state index in [2.05, 4.69) is 24.3 Å². The first kappa shape index (κ1) is 13.2. The van der Waals surface area contributed by atoms with E-state index in [1.807, 2.05) is 12.1 Å². The van der Waals surface area contributed by atoms with Crippen LogP contribution in [0.1, 0.15) is 23.6 Å². The number of likely N-dealkylation sites (N-methyl/N-ethyl adjacent to an activating group) is 1. The summed E-state index contributed by atoms with van der Waals surface area (Å²) in [5.74, 6) is 0. The second kappa shape index (κ2) is 5.57. The average Bonchev–Trinajstić information content (AvgIpc) is 2.62. The second-order valence-corrected chi connectivity index (χ2v) is 5.63. The molecule has 4 heteroatoms. The monoisotopic (exact) mass is 272 g/mol. The van der Waals surface area contributed by atoms with Crippen LogP contribution in [0.5, 0.6) is 0 Å². The Balaban J connectivity index is 2.03. The molecule has 0 saturated heterocycles. The summed E-state index contributed by atoms with van der Waals surface area (Å²) in [7, 11) is 4.17. The van der Waals surface area contributed by atoms with E-state index in [-0.39, 0.29) is 0 Å². The van der Waals surface area contributed by atoms with Gasteiger partial charge in [0.1, 0.15) is 0 Å². The molecule has 0 bridgehead atoms. The van der Waals surface area contributed by atoms with Gasteiger partial charge in [-0.1, -0.05) is 23.2 Å². The van der Waals surface area contributed by atoms with Crippen molar-refractivity contribution in [3.8, 4) is 0 Å². The Morgan fingerprint density at radius 1 is 1.29 bits per heavy atom. The molecule has 1 aromatic rings. The highest BCUT2D eigenvalue weighted by molar-refractivity contribution is 6.42. The molecule has 0 aliphatic heterocycles. The number of hydrogen-bond donors (Lipinski definition) is 1. The van der Waals surface area contributed by atoms with Crippen LogP contribution in [0.3, 0.4) is 0 Å². The van der Waals surface area contributed by atoms with Crippen LogP contribution in [0.4, 0.5) is 0 Å². The van der Waals surface area contributed by atoms with Crippen molar-refractivity contribution < 1.29 is 0 Å². The smallest absolute Gasteiger partial charge is 0.0595 e. The SMILES string of the molecule is CN(C)CCNC1CCc2cc(Cl)c(Cl)cc21. The van der Waals surface area contributed by atoms with E-state index >= 15 is 0 Å². The number of fused-ring (bicyclic) bond motifs is 1. The zero-order valence-electron chi connectivity index (χ0n) is 10.3. The van der Waals surface area contributed by atoms with Gasteiger partial charge >= 0.3 is 0 Å². The predicted molar refractivity (Wildman–Crippen MR) is 74.1 cm³/mol. The van der Waals surface area contributed by atoms with Gasteiger partial charge in [-0.15, -0.1) is 0 Å². The lowest BCUT2D eigenvalue weighted by Crippen LogP contribution is -2.28. The fraction of sp³-hybridized carbons (Fsp3) is 0.538. The van der Waals surface area contributed by atoms with Gasteiger partial charge in [0.15, 0.2) is 0 Å². The van der Waals surface area contributed by atoms with Gasteiger partial charge in [0, 0.05) is 19.1 Å². The Kier molecular flexibility index (Phi) is 4.31. The zero-order chi connectivity index (χ0) is 12.4. The van der Waals surface area contributed by atoms with Gasteiger partial charge in [0.05, 0.1) is 10.0 Å². The third-order valence-electron chi connectivity index (χ3n) is 3.21. The molecule has 1 N–H and O–H groups in total. The lowest BCUT2D eigenvalue weighted by molar-refractivity contribution is 0.384. The summed E-state index contributed by atoms with van der Waals surface area (Å²) in [6.07, 6.45) is 2.23. The second-order valence-electron chi connectivity index (χ2n) is 4.81. The van der Waals surface area contributed by atoms with E-state index in [1.165, 1.54) is 11.1 Å². The van der Waals surface area contributed by atoms with Crippen LogP contribution in [0, 0.1) is 0 Å². The van der Waals surface area contributed by atoms with Crippen molar-refractivity contribution in [2.45, 2.75) is 18.9 Å². The van der Waals surface area contributed by atoms with Gasteiger partial charge in [-0.25, -0.2) is 0 Å². The Morgan fingerprint density at radius 2 is 2.00 bits per heavy atom. The molecule has 2 nitrogen and oxygen atoms in total. The van der Waals surface area contributed by atoms with Crippen molar-refractivity contribution in [3.63, 3.8) is 0 Å². The quantitative estimate of drug-likeness (QED) is 0.906. The van der Waals surface area contributed by atoms with Crippen LogP contribution in [0.25, 0.3) is 0 Å². The third-order valence-corrected chi connectivity index (χ3v) is 3.93. The molecular formula is C13H18Cl2N2. The van der Waals surface area contributed by atoms with Crippen LogP contribution in [-0.4, -0.2) is 32.1 Å². The van der Waals surface area contributed by atoms with Crippen LogP contribution in [0.2, 0.25) is 10.0 Å². The summed E-state index contributed by atoms with van der Waals surface area (Å²) >= 11 is 12.1. The maximum Gasteiger partial charge on any atom is 0.0595 e. The molecule has 17 heavy (non-hydrogen) atoms. The van der Waals surface area contributed by atoms with Crippen LogP contribution < -0.4 is 5.32 Å². The summed E-state index contributed by atoms with van der Waals surface area (Å²) in [6, 6.07) is 4.45. The van der Waals surface area contributed by atoms with Crippen LogP contribution >= 0.6 is 23.2 Å². The summed E-state index contributed by atoms with van der Waals surface area (Å²) in [5.41, 5.74) is 2.65. The minimum Gasteiger partial charge on any atom is -0.309 e. The van der Waals surface area contributed by atoms with Crippen molar-refractivity contribution in [3.05, 3.63) is 33.3 Å². The zero-order valence-corrected chi connectivity index (χ0v) is 11.8. The molecule has 0 heterocycles. The van der Waals surface area contributed by atoms with Gasteiger partial charge in [-0.2, -0.15) is 0 Å². The molecule has 0 aromatic heterocycles. The lowest BCUT2D eigenvalue weighted by atomic mass is 10.1. The predicted octanol–water partition coefficient (Wildman–Crippen LogP) is 3.13. The van der Waals surface area contributed by atoms with E-state index < -0.39 is 0 Å². The lowest BCUT2D eigenvalue weighted by Gasteiger charge is -2.16. The minimum absolute atomic E-state index is 0.430. The Labute approximate surface area is 113 Å². The molecule has 0 spiro atoms. The summed E-state index contributed by atoms with van der Waals surface area (Å²) in [4.78, 5) is 2.18. The van der Waals surface area contributed by atoms with Crippen molar-refractivity contribution >= 4 is 23.2 Å². The number of hydrogen-bond acceptors (Lipinski definition) is 2. The molecule has 0 amide bonds. The molecule has 0 saturated carbocycles. The van der Waals surface area contributed by atoms with Gasteiger partial charge in [0.25, 0.3) is 0 Å². The van der Waals surface area contributed by atoms with Gasteiger partial charge in [0.2, 0.25) is 0 Å². The van der Waals surface area contributed by atoms with E-state index in [1.54, 1.807) is 0 Å². The normalized spacial score (nSPS) is 18.8. The summed E-state index contributed by atoms with van der Waals surface area (Å²) in [5, 5.41) is 4.90. The molecule has 94 valence electrons. The maximum absolute atomic E-state index is 6.07. The molecule has 1 atom stereocenters. The Bertz CT molecular complexity index is 405. The molecule has 1 aromatic carbocycles. The number of nitrogens with zero attached hydrogens (tertiary/aromatic N) is 1. The highest BCUT2D eigenvalue weighted by atomic mass is 35.5. The first-order valence-corrected chi connectivity index (χ1v) is 6.69. The summed E-state index contributed by atoms with van der Waals surface area (Å²) < 4.78 is 0. The highest BCUT2D eigenvalue weighted by Gasteiger charge is 2.23. The van der Waals surface area contributed by atoms with Gasteiger partial charge < -0.3 is 10.2 Å². The van der Waals surface area contributed by atoms with Gasteiger partial charge in [-0.3, -0.25) is 0 Å². The van der Waals surface area contributed by atoms with Crippen LogP contribution in [0.15, 0.2) is 12.1 Å². The van der Waals surface area contributed by atoms with Gasteiger partial charge in [-0.05, 0) is 50.2 Å². The standard InChI is InChI=1S/C13H18Cl2N2/c1-17(2)6-5-16-13-4-3-9-7-11(14)12(15)8-10(9)13/h7-8,13,16H,3-6H2,1-2H3. The molecule has 1 aliphatic rings. The van der Waals surface area contributed by atoms with Crippen molar-refractivity contribution in [1.29, 1.82) is 0 Å². The van der Waals surface area contributed by atoms with E-state index in [0.717, 1.165) is 25.9 Å². The number of aryl methyl sites for hydroxylation is 1. The van der Waals surface area contributed by atoms with E-state index in [4.69, 9.17) is 23.2 Å². The summed E-state index contributed by atoms with van der Waals surface area (Å²) in [6.45, 7) is 2.05. The average molecular weight is 273 g/mol. The number of rotatable bonds is 4. The number of benzene rings is 1. The Morgan fingerprint density at radius 3 is 2.71 bits per heavy atom. The van der Waals surface area contributed by atoms with Crippen molar-refractivity contribution in [2.75, 3.05) is 27.2 Å². The first-order chi connectivity index (χ1) is 8.08. The minimum atomic E-state index is 0.430. The number of nitrogens with one attached hydrogen (secondary N) is 1. The largest absolute Gasteiger partial charge is 0.309 e. The van der Waals surface area contributed by atoms with E-state index in [0.29, 0.717) is 16.1 Å². The fourth-order valence-electron chi connectivity index (χ4n) is 2.27. The van der Waals surface area contributed by atoms with E-state index in [9.17, 15) is 0 Å². The maximum atomic E-state index is 6.07. The third kappa shape index (κ3) is 3.14. The molecular weight excluding hydrogens is 255 g/mol. The fourth-order valence-corrected chi connectivity index (χ4v) is 2.63. The van der Waals surface area contributed by atoms with Crippen molar-refractivity contribution in [1.82, 2.24) is 10.2 Å². The Hall–Kier alpha value is -0.280. The van der Waals surface area contributed by atoms with Crippen LogP contribution in [-0.2, 0) is 6.42 Å². The van der Waals surface area contributed by atoms with Crippen molar-refractivity contribution in [2.24, 2.45) is 0 Å². The first-order valence-electron chi connectivity index (χ1n) is 5.94. The molecule has 0 radical (unpaired) electrons. The molecule has 1 unspecified atom stereocenters. The highest BCUT2D eigenvalue weighted by Crippen LogP contribution is 2.36. The molecule has 2 rings (SSSR count). The topological polar surface area (TPSA) is 15.3 Å².